The van der Waals surface area contributed by atoms with E-state index in [1.165, 1.54) is 53.0 Å². The number of hydrogen-bond acceptors (Lipinski definition) is 1. The van der Waals surface area contributed by atoms with Gasteiger partial charge < -0.3 is 8.97 Å². The number of aromatic nitrogens is 1. The molecule has 1 saturated heterocycles. The molecule has 0 bridgehead atoms. The molecule has 0 spiro atoms. The Hall–Kier alpha value is -0.450. The van der Waals surface area contributed by atoms with Crippen LogP contribution < -0.4 is 4.57 Å². The number of rotatable bonds is 4. The zero-order chi connectivity index (χ0) is 14.1. The van der Waals surface area contributed by atoms with Crippen LogP contribution in [0.1, 0.15) is 18.7 Å². The first-order valence-electron chi connectivity index (χ1n) is 7.43. The Morgan fingerprint density at radius 2 is 1.84 bits per heavy atom. The molecule has 4 heteroatoms. The molecule has 0 aliphatic carbocycles. The van der Waals surface area contributed by atoms with Crippen LogP contribution in [0.25, 0.3) is 0 Å². The monoisotopic (exact) mass is 284 g/mol. The molecule has 0 N–H and O–H groups in total. The number of piperazine rings is 1. The summed E-state index contributed by atoms with van der Waals surface area (Å²) in [4.78, 5) is 1.52. The lowest BCUT2D eigenvalue weighted by atomic mass is 10.1. The largest absolute Gasteiger partial charge is 0.316 e. The maximum absolute atomic E-state index is 2.44. The molecule has 2 rings (SSSR count). The molecular formula is C15H30N3S+3. The normalized spacial score (nSPS) is 31.9. The van der Waals surface area contributed by atoms with Crippen molar-refractivity contribution in [2.45, 2.75) is 26.3 Å². The summed E-state index contributed by atoms with van der Waals surface area (Å²) >= 11 is 1.89. The Morgan fingerprint density at radius 1 is 1.21 bits per heavy atom. The highest BCUT2D eigenvalue weighted by Crippen LogP contribution is 2.20. The van der Waals surface area contributed by atoms with Crippen LogP contribution in [0.3, 0.4) is 0 Å². The fourth-order valence-electron chi connectivity index (χ4n) is 2.85. The molecule has 0 atom stereocenters. The van der Waals surface area contributed by atoms with Gasteiger partial charge in [0.2, 0.25) is 5.51 Å². The van der Waals surface area contributed by atoms with Gasteiger partial charge in [0.25, 0.3) is 0 Å². The van der Waals surface area contributed by atoms with Gasteiger partial charge in [-0.15, -0.1) is 0 Å². The molecule has 19 heavy (non-hydrogen) atoms. The van der Waals surface area contributed by atoms with E-state index in [4.69, 9.17) is 0 Å². The highest BCUT2D eigenvalue weighted by atomic mass is 32.1. The lowest BCUT2D eigenvalue weighted by Gasteiger charge is -2.48. The van der Waals surface area contributed by atoms with Gasteiger partial charge in [0, 0.05) is 6.42 Å². The molecule has 2 heterocycles. The van der Waals surface area contributed by atoms with Crippen molar-refractivity contribution >= 4 is 11.3 Å². The molecule has 108 valence electrons. The van der Waals surface area contributed by atoms with Gasteiger partial charge in [-0.1, -0.05) is 11.3 Å². The Balaban J connectivity index is 1.88. The smallest absolute Gasteiger partial charge is 0.224 e. The van der Waals surface area contributed by atoms with Crippen molar-refractivity contribution < 1.29 is 13.5 Å². The van der Waals surface area contributed by atoms with Gasteiger partial charge >= 0.3 is 0 Å². The summed E-state index contributed by atoms with van der Waals surface area (Å²) in [5.41, 5.74) is 2.19. The van der Waals surface area contributed by atoms with Crippen molar-refractivity contribution in [3.05, 3.63) is 16.6 Å². The maximum atomic E-state index is 2.44. The van der Waals surface area contributed by atoms with Crippen LogP contribution in [0.15, 0.2) is 11.7 Å². The third-order valence-electron chi connectivity index (χ3n) is 5.16. The molecule has 0 aromatic carbocycles. The fourth-order valence-corrected chi connectivity index (χ4v) is 3.64. The molecule has 1 fully saturated rings. The summed E-state index contributed by atoms with van der Waals surface area (Å²) in [5, 5.41) is 0. The molecule has 1 aliphatic heterocycles. The summed E-state index contributed by atoms with van der Waals surface area (Å²) in [6.45, 7) is 11.3. The topological polar surface area (TPSA) is 3.88 Å². The van der Waals surface area contributed by atoms with Crippen molar-refractivity contribution in [3.63, 3.8) is 0 Å². The highest BCUT2D eigenvalue weighted by molar-refractivity contribution is 7.09. The van der Waals surface area contributed by atoms with Crippen LogP contribution in [-0.4, -0.2) is 61.8 Å². The molecule has 0 radical (unpaired) electrons. The summed E-state index contributed by atoms with van der Waals surface area (Å²) in [5.74, 6) is 0. The van der Waals surface area contributed by atoms with Crippen molar-refractivity contribution in [1.29, 1.82) is 0 Å². The first kappa shape index (κ1) is 14.9. The van der Waals surface area contributed by atoms with Gasteiger partial charge in [-0.05, 0) is 13.8 Å². The van der Waals surface area contributed by atoms with Gasteiger partial charge in [-0.2, -0.15) is 4.57 Å². The number of quaternary nitrogens is 2. The lowest BCUT2D eigenvalue weighted by Crippen LogP contribution is -2.66. The number of aryl methyl sites for hydroxylation is 1. The van der Waals surface area contributed by atoms with Crippen molar-refractivity contribution in [2.75, 3.05) is 46.8 Å². The third kappa shape index (κ3) is 3.56. The minimum absolute atomic E-state index is 0.755. The van der Waals surface area contributed by atoms with Crippen LogP contribution in [-0.2, 0) is 13.5 Å². The Bertz CT molecular complexity index is 417. The van der Waals surface area contributed by atoms with Gasteiger partial charge in [0.1, 0.15) is 33.2 Å². The van der Waals surface area contributed by atoms with Gasteiger partial charge in [-0.3, -0.25) is 0 Å². The summed E-state index contributed by atoms with van der Waals surface area (Å²) in [6, 6.07) is 0.755. The van der Waals surface area contributed by atoms with Crippen LogP contribution in [0.2, 0.25) is 0 Å². The van der Waals surface area contributed by atoms with E-state index in [1.54, 1.807) is 0 Å². The lowest BCUT2D eigenvalue weighted by molar-refractivity contribution is -1.02. The Kier molecular flexibility index (Phi) is 4.33. The third-order valence-corrected chi connectivity index (χ3v) is 6.21. The van der Waals surface area contributed by atoms with E-state index >= 15 is 0 Å². The second-order valence-electron chi connectivity index (χ2n) is 7.04. The quantitative estimate of drug-likeness (QED) is 0.582. The van der Waals surface area contributed by atoms with Crippen LogP contribution in [0.4, 0.5) is 0 Å². The molecule has 1 aromatic heterocycles. The second kappa shape index (κ2) is 5.51. The molecule has 0 amide bonds. The Labute approximate surface area is 122 Å². The van der Waals surface area contributed by atoms with E-state index in [0.717, 1.165) is 6.04 Å². The maximum Gasteiger partial charge on any atom is 0.224 e. The van der Waals surface area contributed by atoms with Crippen molar-refractivity contribution in [3.8, 4) is 0 Å². The van der Waals surface area contributed by atoms with E-state index in [9.17, 15) is 0 Å². The molecular weight excluding hydrogens is 254 g/mol. The van der Waals surface area contributed by atoms with Crippen LogP contribution in [0.5, 0.6) is 0 Å². The predicted molar refractivity (Wildman–Crippen MR) is 81.0 cm³/mol. The minimum atomic E-state index is 0.755. The molecule has 0 saturated carbocycles. The standard InChI is InChI=1S/C15H30N3S/c1-14(2)18(5)10-8-17(4,9-11-18)7-6-15-12-16(3)13-19-15/h12-14H,6-11H2,1-5H3/q+3. The summed E-state index contributed by atoms with van der Waals surface area (Å²) in [7, 11) is 6.98. The number of likely N-dealkylation sites (N-methyl/N-ethyl adjacent to an activating group) is 2. The molecule has 3 nitrogen and oxygen atoms in total. The summed E-state index contributed by atoms with van der Waals surface area (Å²) < 4.78 is 4.67. The SMILES string of the molecule is CC(C)[N+]1(C)CC[N+](C)(CCc2c[n+](C)cs2)CC1. The van der Waals surface area contributed by atoms with E-state index in [2.05, 4.69) is 51.3 Å². The van der Waals surface area contributed by atoms with E-state index in [1.807, 2.05) is 11.3 Å². The number of thiazole rings is 1. The van der Waals surface area contributed by atoms with Crippen molar-refractivity contribution in [1.82, 2.24) is 0 Å². The highest BCUT2D eigenvalue weighted by Gasteiger charge is 2.38. The van der Waals surface area contributed by atoms with E-state index in [0.29, 0.717) is 0 Å². The van der Waals surface area contributed by atoms with Crippen molar-refractivity contribution in [2.24, 2.45) is 7.05 Å². The first-order chi connectivity index (χ1) is 8.83. The number of nitrogens with zero attached hydrogens (tertiary/aromatic N) is 3. The average molecular weight is 284 g/mol. The Morgan fingerprint density at radius 3 is 2.32 bits per heavy atom. The zero-order valence-corrected chi connectivity index (χ0v) is 14.0. The van der Waals surface area contributed by atoms with Gasteiger partial charge in [0.05, 0.1) is 31.6 Å². The van der Waals surface area contributed by atoms with E-state index < -0.39 is 0 Å². The molecule has 1 aromatic rings. The molecule has 0 unspecified atom stereocenters. The minimum Gasteiger partial charge on any atom is -0.316 e. The van der Waals surface area contributed by atoms with Crippen LogP contribution >= 0.6 is 11.3 Å². The van der Waals surface area contributed by atoms with Crippen LogP contribution in [0, 0.1) is 0 Å². The second-order valence-corrected chi connectivity index (χ2v) is 8.02. The van der Waals surface area contributed by atoms with Gasteiger partial charge in [-0.25, -0.2) is 0 Å². The fraction of sp³-hybridized carbons (Fsp3) is 0.800. The van der Waals surface area contributed by atoms with Gasteiger partial charge in [0.15, 0.2) is 6.20 Å². The summed E-state index contributed by atoms with van der Waals surface area (Å²) in [6.07, 6.45) is 3.50. The predicted octanol–water partition coefficient (Wildman–Crippen LogP) is 1.43. The average Bonchev–Trinajstić information content (AvgIpc) is 2.77. The number of hydrogen-bond donors (Lipinski definition) is 0. The molecule has 1 aliphatic rings. The first-order valence-corrected chi connectivity index (χ1v) is 8.31. The van der Waals surface area contributed by atoms with E-state index in [-0.39, 0.29) is 0 Å². The zero-order valence-electron chi connectivity index (χ0n) is 13.2.